The van der Waals surface area contributed by atoms with Crippen LogP contribution in [0, 0.1) is 34.4 Å². The van der Waals surface area contributed by atoms with E-state index in [-0.39, 0.29) is 41.7 Å². The lowest BCUT2D eigenvalue weighted by Crippen LogP contribution is -2.63. The summed E-state index contributed by atoms with van der Waals surface area (Å²) in [6, 6.07) is 4.54. The van der Waals surface area contributed by atoms with Crippen LogP contribution in [-0.2, 0) is 19.1 Å². The van der Waals surface area contributed by atoms with E-state index < -0.39 is 40.7 Å². The molecule has 2 N–H and O–H groups in total. The number of ether oxygens (including phenoxy) is 3. The van der Waals surface area contributed by atoms with Crippen molar-refractivity contribution in [2.45, 2.75) is 83.4 Å². The quantitative estimate of drug-likeness (QED) is 0.492. The van der Waals surface area contributed by atoms with E-state index in [0.717, 1.165) is 24.8 Å². The number of aliphatic hydroxyl groups excluding tert-OH is 1. The molecule has 0 radical (unpaired) electrons. The van der Waals surface area contributed by atoms with Crippen LogP contribution in [0.2, 0.25) is 0 Å². The van der Waals surface area contributed by atoms with Gasteiger partial charge in [0.15, 0.2) is 29.2 Å². The summed E-state index contributed by atoms with van der Waals surface area (Å²) in [5.41, 5.74) is -0.693. The highest BCUT2D eigenvalue weighted by Crippen LogP contribution is 2.69. The predicted octanol–water partition coefficient (Wildman–Crippen LogP) is 4.98. The minimum Gasteiger partial charge on any atom is -0.483 e. The van der Waals surface area contributed by atoms with Gasteiger partial charge in [0, 0.05) is 35.5 Å². The number of benzene rings is 1. The van der Waals surface area contributed by atoms with Crippen molar-refractivity contribution in [1.29, 1.82) is 0 Å². The van der Waals surface area contributed by atoms with Gasteiger partial charge >= 0.3 is 0 Å². The van der Waals surface area contributed by atoms with Crippen LogP contribution < -0.4 is 10.1 Å². The molecule has 4 fully saturated rings. The number of carbonyl (C=O) groups excluding carboxylic acids is 2. The van der Waals surface area contributed by atoms with Gasteiger partial charge in [-0.2, -0.15) is 0 Å². The van der Waals surface area contributed by atoms with Crippen molar-refractivity contribution in [2.75, 3.05) is 19.0 Å². The first-order chi connectivity index (χ1) is 19.1. The molecule has 1 aromatic rings. The lowest BCUT2D eigenvalue weighted by molar-refractivity contribution is -0.200. The second-order valence-electron chi connectivity index (χ2n) is 12.8. The minimum absolute atomic E-state index is 0.00168. The summed E-state index contributed by atoms with van der Waals surface area (Å²) in [7, 11) is 1.70. The average Bonchev–Trinajstić information content (AvgIpc) is 3.40. The van der Waals surface area contributed by atoms with Gasteiger partial charge in [-0.3, -0.25) is 9.59 Å². The highest BCUT2D eigenvalue weighted by molar-refractivity contribution is 6.01. The highest BCUT2D eigenvalue weighted by Gasteiger charge is 2.75. The third kappa shape index (κ3) is 3.86. The Balaban J connectivity index is 1.33. The first-order valence-electron chi connectivity index (χ1n) is 14.7. The van der Waals surface area contributed by atoms with E-state index in [1.807, 2.05) is 13.0 Å². The topological polar surface area (TPSA) is 94.1 Å². The zero-order chi connectivity index (χ0) is 28.4. The Hall–Kier alpha value is -2.55. The van der Waals surface area contributed by atoms with Crippen LogP contribution in [-0.4, -0.2) is 54.4 Å². The number of hydrogen-bond acceptors (Lipinski definition) is 7. The Morgan fingerprint density at radius 2 is 2.10 bits per heavy atom. The zero-order valence-corrected chi connectivity index (χ0v) is 23.7. The van der Waals surface area contributed by atoms with E-state index in [9.17, 15) is 19.1 Å². The minimum atomic E-state index is -1.29. The maximum absolute atomic E-state index is 14.7. The Bertz CT molecular complexity index is 1280. The molecule has 40 heavy (non-hydrogen) atoms. The molecule has 3 saturated carbocycles. The largest absolute Gasteiger partial charge is 0.483 e. The number of hydrogen-bond donors (Lipinski definition) is 2. The number of carbonyl (C=O) groups is 2. The standard InChI is InChI=1S/C32H40FNO6/c1-5-6-28-39-27-15-22-21-9-7-18-13-20(35)11-12-30(18,2)29(21)24(36)16-31(22,3)32(27,40-28)26(37)17-38-25-10-8-19(34-4)14-23(25)33/h8,10-14,21-22,24,27-29,34,36H,5-7,9,15-17H2,1-4H3/t21-,22-,24-,27+,28+,29+,30-,31-,32+/m0/s1. The summed E-state index contributed by atoms with van der Waals surface area (Å²) >= 11 is 0. The maximum atomic E-state index is 14.7. The molecular weight excluding hydrogens is 513 g/mol. The molecule has 1 saturated heterocycles. The number of aliphatic hydroxyl groups is 1. The van der Waals surface area contributed by atoms with Crippen LogP contribution in [0.3, 0.4) is 0 Å². The first-order valence-corrected chi connectivity index (χ1v) is 14.7. The van der Waals surface area contributed by atoms with E-state index in [4.69, 9.17) is 14.2 Å². The molecule has 5 aliphatic rings. The van der Waals surface area contributed by atoms with Gasteiger partial charge in [-0.1, -0.05) is 38.8 Å². The van der Waals surface area contributed by atoms with Crippen molar-refractivity contribution in [3.05, 3.63) is 47.8 Å². The van der Waals surface area contributed by atoms with Gasteiger partial charge in [0.25, 0.3) is 0 Å². The molecule has 1 aromatic carbocycles. The van der Waals surface area contributed by atoms with Crippen molar-refractivity contribution in [2.24, 2.45) is 28.6 Å². The summed E-state index contributed by atoms with van der Waals surface area (Å²) in [6.07, 6.45) is 7.82. The second kappa shape index (κ2) is 9.78. The van der Waals surface area contributed by atoms with Crippen LogP contribution >= 0.6 is 0 Å². The van der Waals surface area contributed by atoms with Gasteiger partial charge in [0.05, 0.1) is 12.2 Å². The number of ketones is 2. The molecule has 8 heteroatoms. The molecule has 0 unspecified atom stereocenters. The predicted molar refractivity (Wildman–Crippen MR) is 147 cm³/mol. The number of fused-ring (bicyclic) bond motifs is 7. The lowest BCUT2D eigenvalue weighted by Gasteiger charge is -2.59. The SMILES string of the molecule is CCC[C@@H]1O[C@@H]2C[C@H]3[C@@H]4CCC5=CC(=O)C=C[C@]5(C)[C@H]4[C@@H](O)C[C@]3(C)[C@]2(C(=O)COc2ccc(NC)cc2F)O1. The monoisotopic (exact) mass is 553 g/mol. The molecule has 0 amide bonds. The second-order valence-corrected chi connectivity index (χ2v) is 12.8. The molecular formula is C32H40FNO6. The maximum Gasteiger partial charge on any atom is 0.205 e. The number of Topliss-reactive ketones (excluding diaryl/α,β-unsaturated/α-hetero) is 1. The Morgan fingerprint density at radius 1 is 1.30 bits per heavy atom. The number of nitrogens with one attached hydrogen (secondary N) is 1. The summed E-state index contributed by atoms with van der Waals surface area (Å²) < 4.78 is 33.5. The lowest BCUT2D eigenvalue weighted by atomic mass is 9.46. The van der Waals surface area contributed by atoms with E-state index >= 15 is 0 Å². The molecule has 0 bridgehead atoms. The zero-order valence-electron chi connectivity index (χ0n) is 23.7. The molecule has 1 aliphatic heterocycles. The van der Waals surface area contributed by atoms with Crippen LogP contribution in [0.15, 0.2) is 42.0 Å². The smallest absolute Gasteiger partial charge is 0.205 e. The van der Waals surface area contributed by atoms with E-state index in [1.165, 1.54) is 12.1 Å². The van der Waals surface area contributed by atoms with Crippen molar-refractivity contribution >= 4 is 17.3 Å². The van der Waals surface area contributed by atoms with Crippen LogP contribution in [0.5, 0.6) is 5.75 Å². The van der Waals surface area contributed by atoms with Crippen molar-refractivity contribution in [3.63, 3.8) is 0 Å². The highest BCUT2D eigenvalue weighted by atomic mass is 19.1. The average molecular weight is 554 g/mol. The number of allylic oxidation sites excluding steroid dienone is 4. The normalized spacial score (nSPS) is 41.5. The molecule has 0 spiro atoms. The number of rotatable bonds is 7. The van der Waals surface area contributed by atoms with Crippen molar-refractivity contribution in [1.82, 2.24) is 0 Å². The molecule has 216 valence electrons. The van der Waals surface area contributed by atoms with E-state index in [2.05, 4.69) is 19.2 Å². The van der Waals surface area contributed by atoms with Gasteiger partial charge in [-0.05, 0) is 68.2 Å². The number of anilines is 1. The van der Waals surface area contributed by atoms with Crippen LogP contribution in [0.4, 0.5) is 10.1 Å². The molecule has 9 atom stereocenters. The first kappa shape index (κ1) is 27.6. The fourth-order valence-electron chi connectivity index (χ4n) is 9.03. The summed E-state index contributed by atoms with van der Waals surface area (Å²) in [6.45, 7) is 5.90. The van der Waals surface area contributed by atoms with Gasteiger partial charge in [-0.25, -0.2) is 4.39 Å². The van der Waals surface area contributed by atoms with Crippen LogP contribution in [0.1, 0.15) is 59.3 Å². The molecule has 6 rings (SSSR count). The molecule has 7 nitrogen and oxygen atoms in total. The fourth-order valence-corrected chi connectivity index (χ4v) is 9.03. The summed E-state index contributed by atoms with van der Waals surface area (Å²) in [4.78, 5) is 26.4. The van der Waals surface area contributed by atoms with Gasteiger partial charge in [-0.15, -0.1) is 0 Å². The third-order valence-corrected chi connectivity index (χ3v) is 10.8. The fraction of sp³-hybridized carbons (Fsp3) is 0.625. The summed E-state index contributed by atoms with van der Waals surface area (Å²) in [5.74, 6) is -0.668. The van der Waals surface area contributed by atoms with Gasteiger partial charge in [0.2, 0.25) is 5.78 Å². The Labute approximate surface area is 235 Å². The van der Waals surface area contributed by atoms with Crippen molar-refractivity contribution in [3.8, 4) is 5.75 Å². The van der Waals surface area contributed by atoms with Crippen LogP contribution in [0.25, 0.3) is 0 Å². The van der Waals surface area contributed by atoms with E-state index in [1.54, 1.807) is 25.3 Å². The summed E-state index contributed by atoms with van der Waals surface area (Å²) in [5, 5.41) is 14.7. The molecule has 1 heterocycles. The third-order valence-electron chi connectivity index (χ3n) is 10.8. The van der Waals surface area contributed by atoms with Gasteiger partial charge < -0.3 is 24.6 Å². The molecule has 4 aliphatic carbocycles. The Morgan fingerprint density at radius 3 is 2.83 bits per heavy atom. The van der Waals surface area contributed by atoms with Crippen molar-refractivity contribution < 1.29 is 33.3 Å². The molecule has 0 aromatic heterocycles. The number of halogens is 1. The van der Waals surface area contributed by atoms with Gasteiger partial charge in [0.1, 0.15) is 6.61 Å². The van der Waals surface area contributed by atoms with E-state index in [0.29, 0.717) is 24.9 Å². The Kier molecular flexibility index (Phi) is 6.75.